The number of benzene rings is 1. The van der Waals surface area contributed by atoms with E-state index in [9.17, 15) is 14.4 Å². The Balaban J connectivity index is 1.76. The van der Waals surface area contributed by atoms with Crippen molar-refractivity contribution in [1.29, 1.82) is 0 Å². The van der Waals surface area contributed by atoms with Crippen LogP contribution in [0.1, 0.15) is 31.2 Å². The summed E-state index contributed by atoms with van der Waals surface area (Å²) in [6, 6.07) is 4.72. The lowest BCUT2D eigenvalue weighted by molar-refractivity contribution is -0.136. The van der Waals surface area contributed by atoms with Crippen LogP contribution in [0.3, 0.4) is 0 Å². The first kappa shape index (κ1) is 17.8. The van der Waals surface area contributed by atoms with Gasteiger partial charge in [0.15, 0.2) is 0 Å². The van der Waals surface area contributed by atoms with Gasteiger partial charge in [0.05, 0.1) is 6.04 Å². The average molecular weight is 357 g/mol. The minimum atomic E-state index is -0.335. The molecule has 1 N–H and O–H groups in total. The van der Waals surface area contributed by atoms with Crippen molar-refractivity contribution in [3.05, 3.63) is 33.8 Å². The van der Waals surface area contributed by atoms with E-state index < -0.39 is 0 Å². The summed E-state index contributed by atoms with van der Waals surface area (Å²) in [4.78, 5) is 36.3. The molecule has 7 heteroatoms. The zero-order valence-electron chi connectivity index (χ0n) is 12.6. The number of nitrogens with one attached hydrogen (secondary N) is 1. The van der Waals surface area contributed by atoms with Gasteiger partial charge in [-0.05, 0) is 30.5 Å². The molecule has 1 aliphatic heterocycles. The molecule has 1 saturated heterocycles. The molecule has 1 atom stereocenters. The number of carbonyl (C=O) groups excluding carboxylic acids is 3. The number of nitrogens with zero attached hydrogens (tertiary/aromatic N) is 1. The minimum Gasteiger partial charge on any atom is -0.352 e. The highest BCUT2D eigenvalue weighted by atomic mass is 35.5. The maximum absolute atomic E-state index is 12.0. The predicted molar refractivity (Wildman–Crippen MR) is 88.3 cm³/mol. The third-order valence-electron chi connectivity index (χ3n) is 3.83. The van der Waals surface area contributed by atoms with Crippen molar-refractivity contribution in [2.24, 2.45) is 0 Å². The summed E-state index contributed by atoms with van der Waals surface area (Å²) in [5.74, 6) is -0.384. The van der Waals surface area contributed by atoms with Gasteiger partial charge in [-0.3, -0.25) is 9.59 Å². The molecule has 1 fully saturated rings. The van der Waals surface area contributed by atoms with Crippen LogP contribution in [0.4, 0.5) is 0 Å². The van der Waals surface area contributed by atoms with Crippen molar-refractivity contribution >= 4 is 41.3 Å². The molecule has 0 unspecified atom stereocenters. The van der Waals surface area contributed by atoms with Crippen LogP contribution in [0, 0.1) is 0 Å². The van der Waals surface area contributed by atoms with E-state index in [2.05, 4.69) is 5.32 Å². The van der Waals surface area contributed by atoms with Crippen LogP contribution >= 0.6 is 23.2 Å². The zero-order chi connectivity index (χ0) is 16.8. The van der Waals surface area contributed by atoms with Gasteiger partial charge in [0.2, 0.25) is 11.8 Å². The smallest absolute Gasteiger partial charge is 0.223 e. The van der Waals surface area contributed by atoms with E-state index in [1.165, 1.54) is 0 Å². The summed E-state index contributed by atoms with van der Waals surface area (Å²) in [5, 5.41) is 3.74. The molecular weight excluding hydrogens is 339 g/mol. The number of rotatable bonds is 6. The van der Waals surface area contributed by atoms with E-state index in [0.717, 1.165) is 18.3 Å². The summed E-state index contributed by atoms with van der Waals surface area (Å²) in [6.45, 7) is 0.869. The van der Waals surface area contributed by atoms with Crippen molar-refractivity contribution in [2.45, 2.75) is 38.3 Å². The van der Waals surface area contributed by atoms with Crippen LogP contribution in [0.2, 0.25) is 10.0 Å². The molecule has 0 aromatic heterocycles. The van der Waals surface area contributed by atoms with Gasteiger partial charge in [-0.1, -0.05) is 29.3 Å². The van der Waals surface area contributed by atoms with Gasteiger partial charge >= 0.3 is 0 Å². The highest BCUT2D eigenvalue weighted by Crippen LogP contribution is 2.21. The molecule has 5 nitrogen and oxygen atoms in total. The molecule has 23 heavy (non-hydrogen) atoms. The van der Waals surface area contributed by atoms with Crippen molar-refractivity contribution in [2.75, 3.05) is 6.54 Å². The molecule has 1 aromatic rings. The van der Waals surface area contributed by atoms with E-state index in [1.54, 1.807) is 23.1 Å². The van der Waals surface area contributed by atoms with Gasteiger partial charge in [0.1, 0.15) is 6.29 Å². The Kier molecular flexibility index (Phi) is 6.42. The van der Waals surface area contributed by atoms with Crippen LogP contribution in [0.15, 0.2) is 18.2 Å². The molecule has 2 amide bonds. The minimum absolute atomic E-state index is 0.0894. The van der Waals surface area contributed by atoms with Gasteiger partial charge in [0.25, 0.3) is 0 Å². The van der Waals surface area contributed by atoms with Crippen molar-refractivity contribution in [3.8, 4) is 0 Å². The Morgan fingerprint density at radius 3 is 2.78 bits per heavy atom. The standard InChI is InChI=1S/C16H18Cl2N2O3/c17-12-4-3-11(14(18)8-12)9-19-15(22)5-6-16(23)20-7-1-2-13(20)10-21/h3-4,8,10,13H,1-2,5-7,9H2,(H,19,22)/t13-/m0/s1. The van der Waals surface area contributed by atoms with Crippen LogP contribution < -0.4 is 5.32 Å². The first-order valence-corrected chi connectivity index (χ1v) is 8.22. The second-order valence-corrected chi connectivity index (χ2v) is 6.29. The Labute approximate surface area is 144 Å². The normalized spacial score (nSPS) is 17.1. The van der Waals surface area contributed by atoms with Crippen LogP contribution in [0.25, 0.3) is 0 Å². The van der Waals surface area contributed by atoms with E-state index in [4.69, 9.17) is 23.2 Å². The molecule has 0 bridgehead atoms. The summed E-state index contributed by atoms with van der Waals surface area (Å²) >= 11 is 11.8. The van der Waals surface area contributed by atoms with Gasteiger partial charge in [-0.15, -0.1) is 0 Å². The average Bonchev–Trinajstić information content (AvgIpc) is 3.00. The van der Waals surface area contributed by atoms with Crippen molar-refractivity contribution < 1.29 is 14.4 Å². The molecule has 1 heterocycles. The number of amides is 2. The predicted octanol–water partition coefficient (Wildman–Crippen LogP) is 2.58. The van der Waals surface area contributed by atoms with E-state index in [1.807, 2.05) is 0 Å². The van der Waals surface area contributed by atoms with Crippen molar-refractivity contribution in [3.63, 3.8) is 0 Å². The summed E-state index contributed by atoms with van der Waals surface area (Å²) in [7, 11) is 0. The third-order valence-corrected chi connectivity index (χ3v) is 4.42. The number of carbonyl (C=O) groups is 3. The monoisotopic (exact) mass is 356 g/mol. The van der Waals surface area contributed by atoms with Crippen LogP contribution in [-0.2, 0) is 20.9 Å². The number of aldehydes is 1. The van der Waals surface area contributed by atoms with E-state index in [-0.39, 0.29) is 37.2 Å². The Bertz CT molecular complexity index is 607. The fraction of sp³-hybridized carbons (Fsp3) is 0.438. The third kappa shape index (κ3) is 4.94. The summed E-state index contributed by atoms with van der Waals surface area (Å²) in [5.41, 5.74) is 0.760. The Morgan fingerprint density at radius 2 is 2.09 bits per heavy atom. The summed E-state index contributed by atoms with van der Waals surface area (Å²) < 4.78 is 0. The van der Waals surface area contributed by atoms with Crippen LogP contribution in [0.5, 0.6) is 0 Å². The second-order valence-electron chi connectivity index (χ2n) is 5.45. The zero-order valence-corrected chi connectivity index (χ0v) is 14.1. The molecule has 1 aromatic carbocycles. The highest BCUT2D eigenvalue weighted by Gasteiger charge is 2.28. The van der Waals surface area contributed by atoms with E-state index >= 15 is 0 Å². The largest absolute Gasteiger partial charge is 0.352 e. The Hall–Kier alpha value is -1.59. The molecular formula is C16H18Cl2N2O3. The second kappa shape index (κ2) is 8.31. The lowest BCUT2D eigenvalue weighted by Crippen LogP contribution is -2.37. The summed E-state index contributed by atoms with van der Waals surface area (Å²) in [6.07, 6.45) is 2.52. The Morgan fingerprint density at radius 1 is 1.30 bits per heavy atom. The molecule has 0 aliphatic carbocycles. The van der Waals surface area contributed by atoms with Crippen molar-refractivity contribution in [1.82, 2.24) is 10.2 Å². The molecule has 0 saturated carbocycles. The molecule has 124 valence electrons. The van der Waals surface area contributed by atoms with Crippen LogP contribution in [-0.4, -0.2) is 35.6 Å². The molecule has 0 radical (unpaired) electrons. The van der Waals surface area contributed by atoms with Gasteiger partial charge in [0, 0.05) is 36.0 Å². The number of hydrogen-bond acceptors (Lipinski definition) is 3. The molecule has 1 aliphatic rings. The first-order chi connectivity index (χ1) is 11.0. The number of halogens is 2. The van der Waals surface area contributed by atoms with Gasteiger partial charge < -0.3 is 15.0 Å². The van der Waals surface area contributed by atoms with E-state index in [0.29, 0.717) is 23.0 Å². The topological polar surface area (TPSA) is 66.5 Å². The lowest BCUT2D eigenvalue weighted by Gasteiger charge is -2.20. The number of hydrogen-bond donors (Lipinski definition) is 1. The fourth-order valence-corrected chi connectivity index (χ4v) is 3.03. The maximum atomic E-state index is 12.0. The number of likely N-dealkylation sites (tertiary alicyclic amines) is 1. The first-order valence-electron chi connectivity index (χ1n) is 7.46. The maximum Gasteiger partial charge on any atom is 0.223 e. The SMILES string of the molecule is O=C[C@@H]1CCCN1C(=O)CCC(=O)NCc1ccc(Cl)cc1Cl. The van der Waals surface area contributed by atoms with Gasteiger partial charge in [-0.25, -0.2) is 0 Å². The lowest BCUT2D eigenvalue weighted by atomic mass is 10.2. The molecule has 0 spiro atoms. The molecule has 2 rings (SSSR count). The van der Waals surface area contributed by atoms with Gasteiger partial charge in [-0.2, -0.15) is 0 Å². The fourth-order valence-electron chi connectivity index (χ4n) is 2.55. The quantitative estimate of drug-likeness (QED) is 0.796. The highest BCUT2D eigenvalue weighted by molar-refractivity contribution is 6.35.